The summed E-state index contributed by atoms with van der Waals surface area (Å²) in [6.07, 6.45) is 2.60. The second-order valence-corrected chi connectivity index (χ2v) is 4.76. The average molecular weight is 233 g/mol. The van der Waals surface area contributed by atoms with Crippen LogP contribution in [0.2, 0.25) is 0 Å². The Kier molecular flexibility index (Phi) is 3.79. The highest BCUT2D eigenvalue weighted by Crippen LogP contribution is 2.37. The van der Waals surface area contributed by atoms with Gasteiger partial charge in [0.1, 0.15) is 6.10 Å². The van der Waals surface area contributed by atoms with E-state index in [2.05, 4.69) is 5.32 Å². The van der Waals surface area contributed by atoms with Crippen molar-refractivity contribution in [2.45, 2.75) is 38.3 Å². The highest BCUT2D eigenvalue weighted by Gasteiger charge is 2.30. The third-order valence-corrected chi connectivity index (χ3v) is 3.46. The second-order valence-electron chi connectivity index (χ2n) is 4.76. The Hall–Kier alpha value is -1.35. The summed E-state index contributed by atoms with van der Waals surface area (Å²) in [5, 5.41) is 12.2. The molecule has 0 aromatic heterocycles. The van der Waals surface area contributed by atoms with Gasteiger partial charge in [0, 0.05) is 0 Å². The molecule has 3 nitrogen and oxygen atoms in total. The predicted molar refractivity (Wildman–Crippen MR) is 66.3 cm³/mol. The maximum atomic E-state index is 11.6. The van der Waals surface area contributed by atoms with Crippen molar-refractivity contribution in [3.8, 4) is 0 Å². The number of hydrogen-bond donors (Lipinski definition) is 2. The van der Waals surface area contributed by atoms with E-state index >= 15 is 0 Å². The van der Waals surface area contributed by atoms with E-state index in [-0.39, 0.29) is 11.9 Å². The fraction of sp³-hybridized carbons (Fsp3) is 0.500. The molecule has 1 amide bonds. The van der Waals surface area contributed by atoms with Crippen LogP contribution >= 0.6 is 0 Å². The van der Waals surface area contributed by atoms with Crippen molar-refractivity contribution in [3.63, 3.8) is 0 Å². The zero-order valence-corrected chi connectivity index (χ0v) is 10.1. The fourth-order valence-corrected chi connectivity index (χ4v) is 2.18. The predicted octanol–water partition coefficient (Wildman–Crippen LogP) is 2.02. The van der Waals surface area contributed by atoms with Crippen molar-refractivity contribution in [2.75, 3.05) is 0 Å². The molecule has 2 atom stereocenters. The van der Waals surface area contributed by atoms with Gasteiger partial charge in [-0.15, -0.1) is 0 Å². The first-order valence-corrected chi connectivity index (χ1v) is 6.22. The van der Waals surface area contributed by atoms with Gasteiger partial charge in [0.05, 0.1) is 6.04 Å². The van der Waals surface area contributed by atoms with E-state index in [1.165, 1.54) is 13.3 Å². The molecule has 1 aliphatic rings. The smallest absolute Gasteiger partial charge is 0.249 e. The third kappa shape index (κ3) is 2.86. The van der Waals surface area contributed by atoms with Crippen LogP contribution < -0.4 is 5.32 Å². The van der Waals surface area contributed by atoms with E-state index in [4.69, 9.17) is 0 Å². The van der Waals surface area contributed by atoms with E-state index < -0.39 is 6.10 Å². The monoisotopic (exact) mass is 233 g/mol. The first-order valence-electron chi connectivity index (χ1n) is 6.22. The molecule has 2 rings (SSSR count). The normalized spacial score (nSPS) is 19.2. The van der Waals surface area contributed by atoms with Gasteiger partial charge in [-0.2, -0.15) is 0 Å². The van der Waals surface area contributed by atoms with Crippen LogP contribution in [0.3, 0.4) is 0 Å². The average Bonchev–Trinajstić information content (AvgIpc) is 2.26. The van der Waals surface area contributed by atoms with Crippen LogP contribution in [0, 0.1) is 5.92 Å². The molecule has 0 saturated heterocycles. The molecular formula is C14H19NO2. The summed E-state index contributed by atoms with van der Waals surface area (Å²) >= 11 is 0. The number of amides is 1. The van der Waals surface area contributed by atoms with Gasteiger partial charge >= 0.3 is 0 Å². The lowest BCUT2D eigenvalue weighted by atomic mass is 9.77. The summed E-state index contributed by atoms with van der Waals surface area (Å²) in [5.41, 5.74) is 1.13. The quantitative estimate of drug-likeness (QED) is 0.836. The SMILES string of the molecule is CC(O)C(=O)NC(c1ccccc1)C1CCC1. The highest BCUT2D eigenvalue weighted by atomic mass is 16.3. The Morgan fingerprint density at radius 3 is 2.47 bits per heavy atom. The highest BCUT2D eigenvalue weighted by molar-refractivity contribution is 5.80. The molecule has 0 bridgehead atoms. The standard InChI is InChI=1S/C14H19NO2/c1-10(16)14(17)15-13(12-8-5-9-12)11-6-3-2-4-7-11/h2-4,6-7,10,12-13,16H,5,8-9H2,1H3,(H,15,17). The number of rotatable bonds is 4. The minimum Gasteiger partial charge on any atom is -0.384 e. The Balaban J connectivity index is 2.11. The topological polar surface area (TPSA) is 49.3 Å². The number of aliphatic hydroxyl groups excluding tert-OH is 1. The maximum absolute atomic E-state index is 11.6. The lowest BCUT2D eigenvalue weighted by Crippen LogP contribution is -2.40. The Morgan fingerprint density at radius 2 is 2.00 bits per heavy atom. The first-order chi connectivity index (χ1) is 8.18. The van der Waals surface area contributed by atoms with Crippen LogP contribution in [0.1, 0.15) is 37.8 Å². The molecule has 0 spiro atoms. The molecule has 1 saturated carbocycles. The molecular weight excluding hydrogens is 214 g/mol. The molecule has 1 aliphatic carbocycles. The van der Waals surface area contributed by atoms with Crippen molar-refractivity contribution in [1.82, 2.24) is 5.32 Å². The van der Waals surface area contributed by atoms with Gasteiger partial charge in [-0.25, -0.2) is 0 Å². The number of carbonyl (C=O) groups is 1. The number of nitrogens with one attached hydrogen (secondary N) is 1. The lowest BCUT2D eigenvalue weighted by molar-refractivity contribution is -0.129. The van der Waals surface area contributed by atoms with Crippen molar-refractivity contribution in [2.24, 2.45) is 5.92 Å². The summed E-state index contributed by atoms with van der Waals surface area (Å²) in [6, 6.07) is 10.0. The van der Waals surface area contributed by atoms with Gasteiger partial charge in [-0.1, -0.05) is 36.8 Å². The van der Waals surface area contributed by atoms with Gasteiger partial charge in [0.15, 0.2) is 0 Å². The van der Waals surface area contributed by atoms with Crippen LogP contribution in [0.25, 0.3) is 0 Å². The molecule has 17 heavy (non-hydrogen) atoms. The summed E-state index contributed by atoms with van der Waals surface area (Å²) in [4.78, 5) is 11.6. The van der Waals surface area contributed by atoms with Crippen molar-refractivity contribution < 1.29 is 9.90 Å². The lowest BCUT2D eigenvalue weighted by Gasteiger charge is -2.35. The Labute approximate surface area is 102 Å². The molecule has 0 heterocycles. The van der Waals surface area contributed by atoms with Crippen molar-refractivity contribution in [1.29, 1.82) is 0 Å². The molecule has 1 aromatic carbocycles. The van der Waals surface area contributed by atoms with Crippen LogP contribution in [-0.4, -0.2) is 17.1 Å². The molecule has 2 unspecified atom stereocenters. The Bertz CT molecular complexity index is 371. The zero-order valence-electron chi connectivity index (χ0n) is 10.1. The van der Waals surface area contributed by atoms with E-state index in [9.17, 15) is 9.90 Å². The maximum Gasteiger partial charge on any atom is 0.249 e. The molecule has 2 N–H and O–H groups in total. The van der Waals surface area contributed by atoms with E-state index in [0.717, 1.165) is 18.4 Å². The molecule has 0 radical (unpaired) electrons. The number of aliphatic hydroxyl groups is 1. The third-order valence-electron chi connectivity index (χ3n) is 3.46. The summed E-state index contributed by atoms with van der Waals surface area (Å²) in [6.45, 7) is 1.50. The fourth-order valence-electron chi connectivity index (χ4n) is 2.18. The van der Waals surface area contributed by atoms with Gasteiger partial charge in [-0.05, 0) is 31.2 Å². The summed E-state index contributed by atoms with van der Waals surface area (Å²) < 4.78 is 0. The van der Waals surface area contributed by atoms with Crippen LogP contribution in [0.15, 0.2) is 30.3 Å². The van der Waals surface area contributed by atoms with Gasteiger partial charge in [0.2, 0.25) is 5.91 Å². The van der Waals surface area contributed by atoms with Crippen LogP contribution in [0.4, 0.5) is 0 Å². The minimum absolute atomic E-state index is 0.0482. The van der Waals surface area contributed by atoms with E-state index in [0.29, 0.717) is 5.92 Å². The number of carbonyl (C=O) groups excluding carboxylic acids is 1. The molecule has 0 aliphatic heterocycles. The summed E-state index contributed by atoms with van der Waals surface area (Å²) in [5.74, 6) is 0.228. The largest absolute Gasteiger partial charge is 0.384 e. The Morgan fingerprint density at radius 1 is 1.35 bits per heavy atom. The van der Waals surface area contributed by atoms with Gasteiger partial charge in [-0.3, -0.25) is 4.79 Å². The molecule has 1 aromatic rings. The minimum atomic E-state index is -0.943. The van der Waals surface area contributed by atoms with Crippen molar-refractivity contribution in [3.05, 3.63) is 35.9 Å². The molecule has 92 valence electrons. The number of benzene rings is 1. The molecule has 3 heteroatoms. The number of hydrogen-bond acceptors (Lipinski definition) is 2. The summed E-state index contributed by atoms with van der Waals surface area (Å²) in [7, 11) is 0. The van der Waals surface area contributed by atoms with Crippen molar-refractivity contribution >= 4 is 5.91 Å². The second kappa shape index (κ2) is 5.32. The zero-order chi connectivity index (χ0) is 12.3. The molecule has 1 fully saturated rings. The van der Waals surface area contributed by atoms with Gasteiger partial charge in [0.25, 0.3) is 0 Å². The van der Waals surface area contributed by atoms with E-state index in [1.807, 2.05) is 30.3 Å². The van der Waals surface area contributed by atoms with Crippen LogP contribution in [-0.2, 0) is 4.79 Å². The first kappa shape index (κ1) is 12.1. The van der Waals surface area contributed by atoms with Crippen LogP contribution in [0.5, 0.6) is 0 Å². The van der Waals surface area contributed by atoms with Gasteiger partial charge < -0.3 is 10.4 Å². The van der Waals surface area contributed by atoms with E-state index in [1.54, 1.807) is 0 Å².